The molecule has 0 aliphatic carbocycles. The third-order valence-corrected chi connectivity index (χ3v) is 4.75. The van der Waals surface area contributed by atoms with Crippen molar-refractivity contribution in [3.63, 3.8) is 0 Å². The van der Waals surface area contributed by atoms with Crippen molar-refractivity contribution in [2.45, 2.75) is 6.54 Å². The first-order valence-electron chi connectivity index (χ1n) is 8.87. The number of methoxy groups -OCH3 is 3. The molecule has 1 saturated heterocycles. The van der Waals surface area contributed by atoms with Gasteiger partial charge >= 0.3 is 0 Å². The molecule has 2 heterocycles. The topological polar surface area (TPSA) is 64.1 Å². The number of ether oxygens (including phenoxy) is 3. The first-order chi connectivity index (χ1) is 13.2. The molecule has 0 unspecified atom stereocenters. The minimum atomic E-state index is -0.0589. The molecule has 2 aromatic rings. The Balaban J connectivity index is 1.69. The van der Waals surface area contributed by atoms with Crippen molar-refractivity contribution >= 4 is 5.91 Å². The summed E-state index contributed by atoms with van der Waals surface area (Å²) in [5.41, 5.74) is 1.71. The lowest BCUT2D eigenvalue weighted by molar-refractivity contribution is 0.0624. The van der Waals surface area contributed by atoms with E-state index >= 15 is 0 Å². The molecule has 1 fully saturated rings. The van der Waals surface area contributed by atoms with Crippen LogP contribution in [0.1, 0.15) is 15.9 Å². The van der Waals surface area contributed by atoms with Gasteiger partial charge in [-0.1, -0.05) is 0 Å². The zero-order valence-corrected chi connectivity index (χ0v) is 16.0. The summed E-state index contributed by atoms with van der Waals surface area (Å²) in [5, 5.41) is 0. The summed E-state index contributed by atoms with van der Waals surface area (Å²) in [6.45, 7) is 3.85. The highest BCUT2D eigenvalue weighted by Gasteiger charge is 2.27. The van der Waals surface area contributed by atoms with E-state index in [-0.39, 0.29) is 5.91 Å². The highest BCUT2D eigenvalue weighted by atomic mass is 16.5. The monoisotopic (exact) mass is 371 g/mol. The van der Waals surface area contributed by atoms with E-state index in [9.17, 15) is 4.79 Å². The van der Waals surface area contributed by atoms with Crippen molar-refractivity contribution in [2.24, 2.45) is 0 Å². The van der Waals surface area contributed by atoms with Gasteiger partial charge in [-0.3, -0.25) is 14.7 Å². The van der Waals surface area contributed by atoms with Crippen molar-refractivity contribution in [2.75, 3.05) is 47.5 Å². The van der Waals surface area contributed by atoms with Crippen molar-refractivity contribution < 1.29 is 19.0 Å². The number of piperazine rings is 1. The number of rotatable bonds is 6. The first-order valence-corrected chi connectivity index (χ1v) is 8.87. The van der Waals surface area contributed by atoms with Crippen LogP contribution in [-0.4, -0.2) is 68.2 Å². The van der Waals surface area contributed by atoms with Gasteiger partial charge in [0.05, 0.1) is 26.9 Å². The predicted octanol–water partition coefficient (Wildman–Crippen LogP) is 2.07. The fourth-order valence-electron chi connectivity index (χ4n) is 3.30. The molecule has 7 heteroatoms. The summed E-state index contributed by atoms with van der Waals surface area (Å²) in [6.07, 6.45) is 3.61. The average molecular weight is 371 g/mol. The van der Waals surface area contributed by atoms with Gasteiger partial charge in [0.25, 0.3) is 5.91 Å². The van der Waals surface area contributed by atoms with Crippen LogP contribution >= 0.6 is 0 Å². The van der Waals surface area contributed by atoms with Crippen molar-refractivity contribution in [1.82, 2.24) is 14.8 Å². The average Bonchev–Trinajstić information content (AvgIpc) is 2.73. The normalized spacial score (nSPS) is 14.7. The van der Waals surface area contributed by atoms with E-state index in [0.29, 0.717) is 35.9 Å². The number of pyridine rings is 1. The maximum atomic E-state index is 13.0. The Morgan fingerprint density at radius 2 is 1.59 bits per heavy atom. The van der Waals surface area contributed by atoms with E-state index < -0.39 is 0 Å². The zero-order chi connectivity index (χ0) is 19.2. The van der Waals surface area contributed by atoms with Crippen molar-refractivity contribution in [3.05, 3.63) is 47.8 Å². The smallest absolute Gasteiger partial charge is 0.257 e. The largest absolute Gasteiger partial charge is 0.493 e. The number of hydrogen-bond donors (Lipinski definition) is 0. The minimum absolute atomic E-state index is 0.0589. The first kappa shape index (κ1) is 19.0. The number of benzene rings is 1. The van der Waals surface area contributed by atoms with Gasteiger partial charge in [0.2, 0.25) is 5.75 Å². The highest BCUT2D eigenvalue weighted by Crippen LogP contribution is 2.40. The number of amides is 1. The minimum Gasteiger partial charge on any atom is -0.493 e. The van der Waals surface area contributed by atoms with E-state index in [1.165, 1.54) is 19.8 Å². The lowest BCUT2D eigenvalue weighted by Crippen LogP contribution is -2.48. The molecule has 0 N–H and O–H groups in total. The number of carbonyl (C=O) groups is 1. The van der Waals surface area contributed by atoms with Crippen LogP contribution in [0, 0.1) is 0 Å². The Morgan fingerprint density at radius 3 is 2.19 bits per heavy atom. The molecule has 0 saturated carbocycles. The molecule has 27 heavy (non-hydrogen) atoms. The van der Waals surface area contributed by atoms with Gasteiger partial charge in [-0.15, -0.1) is 0 Å². The molecule has 0 radical (unpaired) electrons. The van der Waals surface area contributed by atoms with Crippen LogP contribution < -0.4 is 14.2 Å². The maximum absolute atomic E-state index is 13.0. The molecule has 1 aliphatic heterocycles. The van der Waals surface area contributed by atoms with Crippen LogP contribution in [0.4, 0.5) is 0 Å². The Kier molecular flexibility index (Phi) is 6.13. The van der Waals surface area contributed by atoms with Crippen LogP contribution in [0.3, 0.4) is 0 Å². The number of carbonyl (C=O) groups excluding carboxylic acids is 1. The maximum Gasteiger partial charge on any atom is 0.257 e. The highest BCUT2D eigenvalue weighted by molar-refractivity contribution is 5.98. The van der Waals surface area contributed by atoms with E-state index in [1.807, 2.05) is 17.0 Å². The number of nitrogens with zero attached hydrogens (tertiary/aromatic N) is 3. The third-order valence-electron chi connectivity index (χ3n) is 4.75. The fraction of sp³-hybridized carbons (Fsp3) is 0.400. The molecule has 144 valence electrons. The Bertz CT molecular complexity index is 774. The van der Waals surface area contributed by atoms with Gasteiger partial charge < -0.3 is 19.1 Å². The standard InChI is InChI=1S/C20H25N3O4/c1-25-17-5-4-16(18(26-2)19(17)27-3)20(24)23-12-10-22(11-13-23)14-15-6-8-21-9-7-15/h4-9H,10-14H2,1-3H3. The summed E-state index contributed by atoms with van der Waals surface area (Å²) in [4.78, 5) is 21.3. The molecule has 1 aromatic carbocycles. The third kappa shape index (κ3) is 4.14. The Labute approximate surface area is 159 Å². The van der Waals surface area contributed by atoms with E-state index in [2.05, 4.69) is 9.88 Å². The summed E-state index contributed by atoms with van der Waals surface area (Å²) in [6, 6.07) is 7.50. The Morgan fingerprint density at radius 1 is 0.926 bits per heavy atom. The molecule has 0 bridgehead atoms. The van der Waals surface area contributed by atoms with Crippen LogP contribution in [0.25, 0.3) is 0 Å². The molecule has 1 amide bonds. The molecule has 7 nitrogen and oxygen atoms in total. The second-order valence-electron chi connectivity index (χ2n) is 6.31. The van der Waals surface area contributed by atoms with Crippen molar-refractivity contribution in [1.29, 1.82) is 0 Å². The molecule has 0 spiro atoms. The van der Waals surface area contributed by atoms with Crippen molar-refractivity contribution in [3.8, 4) is 17.2 Å². The number of hydrogen-bond acceptors (Lipinski definition) is 6. The fourth-order valence-corrected chi connectivity index (χ4v) is 3.30. The molecular weight excluding hydrogens is 346 g/mol. The quantitative estimate of drug-likeness (QED) is 0.775. The van der Waals surface area contributed by atoms with Crippen LogP contribution in [0.2, 0.25) is 0 Å². The molecule has 0 atom stereocenters. The van der Waals surface area contributed by atoms with E-state index in [4.69, 9.17) is 14.2 Å². The van der Waals surface area contributed by atoms with Gasteiger partial charge in [0.15, 0.2) is 11.5 Å². The van der Waals surface area contributed by atoms with Gasteiger partial charge in [0.1, 0.15) is 0 Å². The summed E-state index contributed by atoms with van der Waals surface area (Å²) < 4.78 is 16.1. The van der Waals surface area contributed by atoms with Crippen LogP contribution in [0.5, 0.6) is 17.2 Å². The molecular formula is C20H25N3O4. The molecule has 1 aliphatic rings. The zero-order valence-electron chi connectivity index (χ0n) is 16.0. The van der Waals surface area contributed by atoms with E-state index in [1.54, 1.807) is 31.6 Å². The lowest BCUT2D eigenvalue weighted by Gasteiger charge is -2.35. The second kappa shape index (κ2) is 8.73. The molecule has 3 rings (SSSR count). The lowest BCUT2D eigenvalue weighted by atomic mass is 10.1. The SMILES string of the molecule is COc1ccc(C(=O)N2CCN(Cc3ccncc3)CC2)c(OC)c1OC. The van der Waals surface area contributed by atoms with Gasteiger partial charge in [0, 0.05) is 45.1 Å². The predicted molar refractivity (Wildman–Crippen MR) is 102 cm³/mol. The summed E-state index contributed by atoms with van der Waals surface area (Å²) in [5.74, 6) is 1.31. The molecule has 1 aromatic heterocycles. The van der Waals surface area contributed by atoms with Gasteiger partial charge in [-0.2, -0.15) is 0 Å². The van der Waals surface area contributed by atoms with E-state index in [0.717, 1.165) is 19.6 Å². The summed E-state index contributed by atoms with van der Waals surface area (Å²) >= 11 is 0. The van der Waals surface area contributed by atoms with Gasteiger partial charge in [-0.05, 0) is 29.8 Å². The second-order valence-corrected chi connectivity index (χ2v) is 6.31. The van der Waals surface area contributed by atoms with Crippen LogP contribution in [-0.2, 0) is 6.54 Å². The Hall–Kier alpha value is -2.80. The number of aromatic nitrogens is 1. The summed E-state index contributed by atoms with van der Waals surface area (Å²) in [7, 11) is 4.62. The van der Waals surface area contributed by atoms with Gasteiger partial charge in [-0.25, -0.2) is 0 Å². The van der Waals surface area contributed by atoms with Crippen LogP contribution in [0.15, 0.2) is 36.7 Å².